The SMILES string of the molecule is COC(C)=C1C2C=CC=CC1C=C2. The third-order valence-electron chi connectivity index (χ3n) is 2.70. The zero-order valence-corrected chi connectivity index (χ0v) is 8.03. The molecule has 0 aromatic rings. The molecule has 13 heavy (non-hydrogen) atoms. The molecule has 0 spiro atoms. The number of hydrogen-bond acceptors (Lipinski definition) is 1. The smallest absolute Gasteiger partial charge is 0.0934 e. The van der Waals surface area contributed by atoms with Crippen molar-refractivity contribution in [1.82, 2.24) is 0 Å². The minimum atomic E-state index is 0.444. The topological polar surface area (TPSA) is 9.23 Å². The molecule has 0 fully saturated rings. The van der Waals surface area contributed by atoms with Crippen LogP contribution in [-0.2, 0) is 4.74 Å². The molecule has 2 rings (SSSR count). The molecule has 68 valence electrons. The highest BCUT2D eigenvalue weighted by atomic mass is 16.5. The number of allylic oxidation sites excluding steroid dienone is 8. The highest BCUT2D eigenvalue weighted by molar-refractivity contribution is 5.40. The van der Waals surface area contributed by atoms with E-state index in [2.05, 4.69) is 36.5 Å². The molecule has 2 unspecified atom stereocenters. The summed E-state index contributed by atoms with van der Waals surface area (Å²) in [4.78, 5) is 0. The van der Waals surface area contributed by atoms with Gasteiger partial charge in [-0.3, -0.25) is 0 Å². The second kappa shape index (κ2) is 3.25. The lowest BCUT2D eigenvalue weighted by atomic mass is 9.95. The minimum absolute atomic E-state index is 0.444. The van der Waals surface area contributed by atoms with Gasteiger partial charge < -0.3 is 4.74 Å². The van der Waals surface area contributed by atoms with Crippen LogP contribution in [0.4, 0.5) is 0 Å². The second-order valence-corrected chi connectivity index (χ2v) is 3.42. The van der Waals surface area contributed by atoms with Crippen molar-refractivity contribution in [3.63, 3.8) is 0 Å². The fourth-order valence-corrected chi connectivity index (χ4v) is 1.96. The molecule has 2 aliphatic carbocycles. The summed E-state index contributed by atoms with van der Waals surface area (Å²) in [5, 5.41) is 0. The van der Waals surface area contributed by atoms with Gasteiger partial charge in [-0.25, -0.2) is 0 Å². The van der Waals surface area contributed by atoms with Crippen LogP contribution in [0.5, 0.6) is 0 Å². The van der Waals surface area contributed by atoms with Crippen LogP contribution < -0.4 is 0 Å². The molecule has 0 aromatic heterocycles. The molecule has 0 N–H and O–H groups in total. The van der Waals surface area contributed by atoms with Gasteiger partial charge in [0.15, 0.2) is 0 Å². The molecule has 0 amide bonds. The monoisotopic (exact) mass is 174 g/mol. The van der Waals surface area contributed by atoms with E-state index in [0.717, 1.165) is 5.76 Å². The fraction of sp³-hybridized carbons (Fsp3) is 0.333. The van der Waals surface area contributed by atoms with Crippen molar-refractivity contribution >= 4 is 0 Å². The minimum Gasteiger partial charge on any atom is -0.501 e. The third kappa shape index (κ3) is 1.35. The lowest BCUT2D eigenvalue weighted by Crippen LogP contribution is -2.02. The van der Waals surface area contributed by atoms with Gasteiger partial charge in [-0.1, -0.05) is 36.5 Å². The van der Waals surface area contributed by atoms with Crippen LogP contribution in [0.2, 0.25) is 0 Å². The van der Waals surface area contributed by atoms with Crippen molar-refractivity contribution in [3.8, 4) is 0 Å². The molecule has 0 saturated carbocycles. The van der Waals surface area contributed by atoms with Crippen molar-refractivity contribution in [1.29, 1.82) is 0 Å². The molecule has 1 heteroatoms. The first kappa shape index (κ1) is 8.36. The van der Waals surface area contributed by atoms with Crippen LogP contribution >= 0.6 is 0 Å². The van der Waals surface area contributed by atoms with Crippen LogP contribution in [0.25, 0.3) is 0 Å². The molecule has 1 nitrogen and oxygen atoms in total. The van der Waals surface area contributed by atoms with Crippen molar-refractivity contribution in [2.24, 2.45) is 11.8 Å². The highest BCUT2D eigenvalue weighted by Gasteiger charge is 2.25. The van der Waals surface area contributed by atoms with Crippen LogP contribution in [-0.4, -0.2) is 7.11 Å². The van der Waals surface area contributed by atoms with E-state index in [9.17, 15) is 0 Å². The Bertz CT molecular complexity index is 294. The number of methoxy groups -OCH3 is 1. The number of ether oxygens (including phenoxy) is 1. The van der Waals surface area contributed by atoms with Gasteiger partial charge in [-0.05, 0) is 12.5 Å². The molecule has 0 saturated heterocycles. The predicted molar refractivity (Wildman–Crippen MR) is 54.1 cm³/mol. The lowest BCUT2D eigenvalue weighted by Gasteiger charge is -2.13. The van der Waals surface area contributed by atoms with E-state index in [1.807, 2.05) is 6.92 Å². The first-order chi connectivity index (χ1) is 6.33. The van der Waals surface area contributed by atoms with Crippen LogP contribution in [0, 0.1) is 11.8 Å². The zero-order valence-electron chi connectivity index (χ0n) is 8.03. The number of hydrogen-bond donors (Lipinski definition) is 0. The Balaban J connectivity index is 2.43. The summed E-state index contributed by atoms with van der Waals surface area (Å²) in [6.07, 6.45) is 13.1. The maximum atomic E-state index is 5.30. The van der Waals surface area contributed by atoms with Crippen LogP contribution in [0.1, 0.15) is 6.92 Å². The number of fused-ring (bicyclic) bond motifs is 2. The Morgan fingerprint density at radius 1 is 1.08 bits per heavy atom. The quantitative estimate of drug-likeness (QED) is 0.438. The van der Waals surface area contributed by atoms with E-state index in [1.165, 1.54) is 5.57 Å². The average Bonchev–Trinajstić information content (AvgIpc) is 2.38. The third-order valence-corrected chi connectivity index (χ3v) is 2.70. The van der Waals surface area contributed by atoms with Gasteiger partial charge in [0.2, 0.25) is 0 Å². The summed E-state index contributed by atoms with van der Waals surface area (Å²) in [7, 11) is 1.74. The van der Waals surface area contributed by atoms with Crippen molar-refractivity contribution in [2.45, 2.75) is 6.92 Å². The standard InChI is InChI=1S/C12H14O/c1-9(13-2)12-10-5-3-4-6-11(12)8-7-10/h3-8,10-11H,1-2H3. The fourth-order valence-electron chi connectivity index (χ4n) is 1.96. The average molecular weight is 174 g/mol. The Hall–Kier alpha value is -1.24. The maximum Gasteiger partial charge on any atom is 0.0934 e. The van der Waals surface area contributed by atoms with Crippen molar-refractivity contribution < 1.29 is 4.74 Å². The summed E-state index contributed by atoms with van der Waals surface area (Å²) < 4.78 is 5.30. The van der Waals surface area contributed by atoms with E-state index >= 15 is 0 Å². The van der Waals surface area contributed by atoms with E-state index in [4.69, 9.17) is 4.74 Å². The molecule has 2 aliphatic rings. The molecular formula is C12H14O. The van der Waals surface area contributed by atoms with E-state index in [0.29, 0.717) is 11.8 Å². The predicted octanol–water partition coefficient (Wildman–Crippen LogP) is 2.84. The summed E-state index contributed by atoms with van der Waals surface area (Å²) >= 11 is 0. The number of rotatable bonds is 1. The molecule has 0 aliphatic heterocycles. The summed E-state index contributed by atoms with van der Waals surface area (Å²) in [5.41, 5.74) is 1.38. The van der Waals surface area contributed by atoms with Gasteiger partial charge in [0.25, 0.3) is 0 Å². The lowest BCUT2D eigenvalue weighted by molar-refractivity contribution is 0.284. The van der Waals surface area contributed by atoms with Crippen LogP contribution in [0.3, 0.4) is 0 Å². The van der Waals surface area contributed by atoms with E-state index in [1.54, 1.807) is 7.11 Å². The van der Waals surface area contributed by atoms with Gasteiger partial charge in [0, 0.05) is 11.8 Å². The molecular weight excluding hydrogens is 160 g/mol. The summed E-state index contributed by atoms with van der Waals surface area (Å²) in [6, 6.07) is 0. The van der Waals surface area contributed by atoms with E-state index in [-0.39, 0.29) is 0 Å². The molecule has 0 aromatic carbocycles. The molecule has 2 atom stereocenters. The van der Waals surface area contributed by atoms with Gasteiger partial charge in [-0.2, -0.15) is 0 Å². The normalized spacial score (nSPS) is 29.2. The van der Waals surface area contributed by atoms with E-state index < -0.39 is 0 Å². The van der Waals surface area contributed by atoms with Crippen LogP contribution in [0.15, 0.2) is 47.8 Å². The first-order valence-electron chi connectivity index (χ1n) is 4.61. The van der Waals surface area contributed by atoms with Gasteiger partial charge in [-0.15, -0.1) is 0 Å². The summed E-state index contributed by atoms with van der Waals surface area (Å²) in [5.74, 6) is 1.94. The first-order valence-corrected chi connectivity index (χ1v) is 4.61. The Morgan fingerprint density at radius 2 is 1.62 bits per heavy atom. The second-order valence-electron chi connectivity index (χ2n) is 3.42. The molecule has 2 bridgehead atoms. The zero-order chi connectivity index (χ0) is 9.26. The Kier molecular flexibility index (Phi) is 2.09. The molecule has 0 radical (unpaired) electrons. The largest absolute Gasteiger partial charge is 0.501 e. The maximum absolute atomic E-state index is 5.30. The van der Waals surface area contributed by atoms with Crippen molar-refractivity contribution in [3.05, 3.63) is 47.8 Å². The summed E-state index contributed by atoms with van der Waals surface area (Å²) in [6.45, 7) is 2.04. The Labute approximate surface area is 79.1 Å². The molecule has 0 heterocycles. The van der Waals surface area contributed by atoms with Gasteiger partial charge >= 0.3 is 0 Å². The van der Waals surface area contributed by atoms with Gasteiger partial charge in [0.1, 0.15) is 0 Å². The van der Waals surface area contributed by atoms with Crippen molar-refractivity contribution in [2.75, 3.05) is 7.11 Å². The highest BCUT2D eigenvalue weighted by Crippen LogP contribution is 2.36. The Morgan fingerprint density at radius 3 is 2.08 bits per heavy atom. The van der Waals surface area contributed by atoms with Gasteiger partial charge in [0.05, 0.1) is 12.9 Å².